The summed E-state index contributed by atoms with van der Waals surface area (Å²) >= 11 is 0. The fourth-order valence-corrected chi connectivity index (χ4v) is 3.23. The van der Waals surface area contributed by atoms with Gasteiger partial charge in [-0.1, -0.05) is 44.6 Å². The molecule has 1 aliphatic rings. The molecule has 110 valence electrons. The van der Waals surface area contributed by atoms with E-state index >= 15 is 0 Å². The number of ether oxygens (including phenoxy) is 1. The maximum atomic E-state index is 5.23. The van der Waals surface area contributed by atoms with E-state index in [-0.39, 0.29) is 0 Å². The monoisotopic (exact) mass is 272 g/mol. The first-order chi connectivity index (χ1) is 9.60. The van der Waals surface area contributed by atoms with Crippen LogP contribution in [0.4, 0.5) is 0 Å². The van der Waals surface area contributed by atoms with Crippen molar-refractivity contribution in [3.63, 3.8) is 0 Å². The Morgan fingerprint density at radius 3 is 2.45 bits per heavy atom. The van der Waals surface area contributed by atoms with Crippen molar-refractivity contribution in [3.8, 4) is 5.75 Å². The number of methoxy groups -OCH3 is 1. The van der Waals surface area contributed by atoms with Crippen molar-refractivity contribution in [2.75, 3.05) is 7.11 Å². The first-order valence-electron chi connectivity index (χ1n) is 7.94. The highest BCUT2D eigenvalue weighted by Gasteiger charge is 2.18. The average molecular weight is 272 g/mol. The van der Waals surface area contributed by atoms with Gasteiger partial charge in [0.05, 0.1) is 7.11 Å². The highest BCUT2D eigenvalue weighted by atomic mass is 16.5. The summed E-state index contributed by atoms with van der Waals surface area (Å²) in [4.78, 5) is 0. The van der Waals surface area contributed by atoms with Gasteiger partial charge < -0.3 is 4.74 Å². The first-order valence-corrected chi connectivity index (χ1v) is 7.94. The molecule has 0 aliphatic heterocycles. The number of rotatable bonds is 5. The standard InChI is InChI=1S/C19H28O/c1-14(2)18-7-5-6-16(13-18)12-15(3)17-8-10-19(20-4)11-9-17/h8-11,13-16H,5-7,12H2,1-4H3/t15-,16-/m1/s1. The average Bonchev–Trinajstić information content (AvgIpc) is 2.47. The summed E-state index contributed by atoms with van der Waals surface area (Å²) in [5, 5.41) is 0. The van der Waals surface area contributed by atoms with Crippen LogP contribution in [0.1, 0.15) is 57.9 Å². The van der Waals surface area contributed by atoms with E-state index in [1.54, 1.807) is 12.7 Å². The molecule has 20 heavy (non-hydrogen) atoms. The second-order valence-corrected chi connectivity index (χ2v) is 6.46. The van der Waals surface area contributed by atoms with Crippen LogP contribution < -0.4 is 4.74 Å². The van der Waals surface area contributed by atoms with Crippen LogP contribution in [0.3, 0.4) is 0 Å². The van der Waals surface area contributed by atoms with Crippen molar-refractivity contribution in [1.82, 2.24) is 0 Å². The summed E-state index contributed by atoms with van der Waals surface area (Å²) in [6, 6.07) is 8.56. The van der Waals surface area contributed by atoms with Crippen LogP contribution >= 0.6 is 0 Å². The predicted molar refractivity (Wildman–Crippen MR) is 86.3 cm³/mol. The Morgan fingerprint density at radius 1 is 1.15 bits per heavy atom. The summed E-state index contributed by atoms with van der Waals surface area (Å²) < 4.78 is 5.23. The molecule has 0 radical (unpaired) electrons. The van der Waals surface area contributed by atoms with Gasteiger partial charge >= 0.3 is 0 Å². The summed E-state index contributed by atoms with van der Waals surface area (Å²) in [6.45, 7) is 6.99. The normalized spacial score (nSPS) is 20.6. The van der Waals surface area contributed by atoms with Gasteiger partial charge in [-0.15, -0.1) is 0 Å². The third kappa shape index (κ3) is 3.88. The van der Waals surface area contributed by atoms with Crippen molar-refractivity contribution in [2.45, 2.75) is 52.4 Å². The summed E-state index contributed by atoms with van der Waals surface area (Å²) in [6.07, 6.45) is 7.86. The molecule has 1 nitrogen and oxygen atoms in total. The van der Waals surface area contributed by atoms with Crippen molar-refractivity contribution < 1.29 is 4.74 Å². The maximum absolute atomic E-state index is 5.23. The number of allylic oxidation sites excluding steroid dienone is 2. The molecule has 0 saturated heterocycles. The quantitative estimate of drug-likeness (QED) is 0.637. The lowest BCUT2D eigenvalue weighted by Gasteiger charge is -2.25. The molecule has 0 fully saturated rings. The molecule has 0 spiro atoms. The zero-order chi connectivity index (χ0) is 14.5. The largest absolute Gasteiger partial charge is 0.497 e. The molecule has 1 aromatic carbocycles. The van der Waals surface area contributed by atoms with Gasteiger partial charge in [0.25, 0.3) is 0 Å². The van der Waals surface area contributed by atoms with Gasteiger partial charge in [-0.3, -0.25) is 0 Å². The molecule has 0 saturated carbocycles. The molecule has 0 N–H and O–H groups in total. The van der Waals surface area contributed by atoms with E-state index < -0.39 is 0 Å². The van der Waals surface area contributed by atoms with Crippen LogP contribution in [-0.2, 0) is 0 Å². The minimum Gasteiger partial charge on any atom is -0.497 e. The van der Waals surface area contributed by atoms with Crippen LogP contribution in [0.2, 0.25) is 0 Å². The van der Waals surface area contributed by atoms with E-state index in [0.29, 0.717) is 11.8 Å². The minimum absolute atomic E-state index is 0.619. The fraction of sp³-hybridized carbons (Fsp3) is 0.579. The van der Waals surface area contributed by atoms with E-state index in [4.69, 9.17) is 4.74 Å². The molecular weight excluding hydrogens is 244 g/mol. The zero-order valence-electron chi connectivity index (χ0n) is 13.4. The number of benzene rings is 1. The van der Waals surface area contributed by atoms with E-state index in [9.17, 15) is 0 Å². The Morgan fingerprint density at radius 2 is 1.85 bits per heavy atom. The summed E-state index contributed by atoms with van der Waals surface area (Å²) in [5.41, 5.74) is 3.10. The lowest BCUT2D eigenvalue weighted by atomic mass is 9.80. The molecule has 1 heteroatoms. The second kappa shape index (κ2) is 6.97. The molecule has 0 amide bonds. The van der Waals surface area contributed by atoms with Gasteiger partial charge in [-0.05, 0) is 61.1 Å². The van der Waals surface area contributed by atoms with Gasteiger partial charge in [0, 0.05) is 0 Å². The lowest BCUT2D eigenvalue weighted by Crippen LogP contribution is -2.10. The van der Waals surface area contributed by atoms with Crippen LogP contribution in [0.5, 0.6) is 5.75 Å². The highest BCUT2D eigenvalue weighted by Crippen LogP contribution is 2.34. The molecule has 2 atom stereocenters. The Labute approximate surface area is 124 Å². The van der Waals surface area contributed by atoms with Crippen LogP contribution in [0.15, 0.2) is 35.9 Å². The van der Waals surface area contributed by atoms with Gasteiger partial charge in [0.2, 0.25) is 0 Å². The van der Waals surface area contributed by atoms with E-state index in [2.05, 4.69) is 51.1 Å². The smallest absolute Gasteiger partial charge is 0.118 e. The topological polar surface area (TPSA) is 9.23 Å². The molecule has 1 aromatic rings. The minimum atomic E-state index is 0.619. The summed E-state index contributed by atoms with van der Waals surface area (Å²) in [7, 11) is 1.72. The first kappa shape index (κ1) is 15.2. The van der Waals surface area contributed by atoms with E-state index in [1.807, 2.05) is 0 Å². The summed E-state index contributed by atoms with van der Waals surface area (Å²) in [5.74, 6) is 3.04. The molecule has 0 aromatic heterocycles. The highest BCUT2D eigenvalue weighted by molar-refractivity contribution is 5.29. The second-order valence-electron chi connectivity index (χ2n) is 6.46. The Hall–Kier alpha value is -1.24. The predicted octanol–water partition coefficient (Wildman–Crippen LogP) is 5.57. The Kier molecular flexibility index (Phi) is 5.28. The molecule has 2 rings (SSSR count). The van der Waals surface area contributed by atoms with Gasteiger partial charge in [0.1, 0.15) is 5.75 Å². The molecule has 0 heterocycles. The maximum Gasteiger partial charge on any atom is 0.118 e. The molecular formula is C19H28O. The fourth-order valence-electron chi connectivity index (χ4n) is 3.23. The lowest BCUT2D eigenvalue weighted by molar-refractivity contribution is 0.414. The van der Waals surface area contributed by atoms with Crippen molar-refractivity contribution >= 4 is 0 Å². The van der Waals surface area contributed by atoms with Crippen molar-refractivity contribution in [1.29, 1.82) is 0 Å². The molecule has 1 aliphatic carbocycles. The van der Waals surface area contributed by atoms with E-state index in [1.165, 1.54) is 31.2 Å². The number of hydrogen-bond acceptors (Lipinski definition) is 1. The van der Waals surface area contributed by atoms with Gasteiger partial charge in [-0.2, -0.15) is 0 Å². The third-order valence-electron chi connectivity index (χ3n) is 4.57. The SMILES string of the molecule is COc1ccc([C@H](C)C[C@@H]2C=C(C(C)C)CCC2)cc1. The Balaban J connectivity index is 1.99. The van der Waals surface area contributed by atoms with Crippen molar-refractivity contribution in [3.05, 3.63) is 41.5 Å². The van der Waals surface area contributed by atoms with E-state index in [0.717, 1.165) is 11.7 Å². The Bertz CT molecular complexity index is 441. The van der Waals surface area contributed by atoms with Gasteiger partial charge in [0.15, 0.2) is 0 Å². The van der Waals surface area contributed by atoms with Crippen LogP contribution in [0.25, 0.3) is 0 Å². The van der Waals surface area contributed by atoms with Crippen LogP contribution in [-0.4, -0.2) is 7.11 Å². The third-order valence-corrected chi connectivity index (χ3v) is 4.57. The molecule has 0 unspecified atom stereocenters. The van der Waals surface area contributed by atoms with Crippen molar-refractivity contribution in [2.24, 2.45) is 11.8 Å². The molecule has 0 bridgehead atoms. The zero-order valence-corrected chi connectivity index (χ0v) is 13.4. The van der Waals surface area contributed by atoms with Gasteiger partial charge in [-0.25, -0.2) is 0 Å². The van der Waals surface area contributed by atoms with Crippen LogP contribution in [0, 0.1) is 11.8 Å². The number of hydrogen-bond donors (Lipinski definition) is 0.